The zero-order valence-corrected chi connectivity index (χ0v) is 15.4. The van der Waals surface area contributed by atoms with Gasteiger partial charge in [-0.2, -0.15) is 0 Å². The molecule has 0 aromatic heterocycles. The lowest BCUT2D eigenvalue weighted by molar-refractivity contribution is -0.892. The SMILES string of the molecule is CC(=O)c1ccc(N2CC[NH+](CC(=O)Nc3cccc(C)c3)CC2)cc1. The number of aryl methyl sites for hydroxylation is 1. The molecular formula is C21H26N3O2+. The minimum absolute atomic E-state index is 0.0601. The maximum atomic E-state index is 12.3. The van der Waals surface area contributed by atoms with Gasteiger partial charge in [-0.1, -0.05) is 12.1 Å². The van der Waals surface area contributed by atoms with Crippen molar-refractivity contribution in [3.8, 4) is 0 Å². The number of rotatable bonds is 5. The number of quaternary nitrogens is 1. The van der Waals surface area contributed by atoms with Crippen LogP contribution in [0.15, 0.2) is 48.5 Å². The normalized spacial score (nSPS) is 14.9. The smallest absolute Gasteiger partial charge is 0.279 e. The van der Waals surface area contributed by atoms with E-state index in [9.17, 15) is 9.59 Å². The first-order valence-electron chi connectivity index (χ1n) is 9.07. The van der Waals surface area contributed by atoms with Crippen molar-refractivity contribution in [3.05, 3.63) is 59.7 Å². The van der Waals surface area contributed by atoms with E-state index in [-0.39, 0.29) is 11.7 Å². The fourth-order valence-electron chi connectivity index (χ4n) is 3.32. The summed E-state index contributed by atoms with van der Waals surface area (Å²) in [5.74, 6) is 0.148. The van der Waals surface area contributed by atoms with Gasteiger partial charge in [0.15, 0.2) is 12.3 Å². The number of Topliss-reactive ketones (excluding diaryl/α,β-unsaturated/α-hetero) is 1. The molecule has 0 radical (unpaired) electrons. The molecule has 0 atom stereocenters. The van der Waals surface area contributed by atoms with E-state index in [2.05, 4.69) is 10.2 Å². The molecular weight excluding hydrogens is 326 g/mol. The number of hydrogen-bond donors (Lipinski definition) is 2. The molecule has 0 unspecified atom stereocenters. The lowest BCUT2D eigenvalue weighted by Crippen LogP contribution is -3.15. The van der Waals surface area contributed by atoms with Crippen molar-refractivity contribution >= 4 is 23.1 Å². The van der Waals surface area contributed by atoms with Crippen LogP contribution in [0.1, 0.15) is 22.8 Å². The number of carbonyl (C=O) groups is 2. The van der Waals surface area contributed by atoms with Gasteiger partial charge >= 0.3 is 0 Å². The Balaban J connectivity index is 1.49. The van der Waals surface area contributed by atoms with E-state index in [0.29, 0.717) is 6.54 Å². The van der Waals surface area contributed by atoms with Gasteiger partial charge in [0.2, 0.25) is 0 Å². The number of carbonyl (C=O) groups excluding carboxylic acids is 2. The van der Waals surface area contributed by atoms with Crippen molar-refractivity contribution in [2.75, 3.05) is 42.9 Å². The lowest BCUT2D eigenvalue weighted by atomic mass is 10.1. The summed E-state index contributed by atoms with van der Waals surface area (Å²) in [5, 5.41) is 2.98. The first-order chi connectivity index (χ1) is 12.5. The van der Waals surface area contributed by atoms with Gasteiger partial charge in [-0.25, -0.2) is 0 Å². The summed E-state index contributed by atoms with van der Waals surface area (Å²) in [5.41, 5.74) is 3.88. The van der Waals surface area contributed by atoms with Crippen LogP contribution in [0, 0.1) is 6.92 Å². The molecule has 1 aliphatic heterocycles. The molecule has 0 aliphatic carbocycles. The number of amides is 1. The maximum Gasteiger partial charge on any atom is 0.279 e. The molecule has 1 amide bonds. The van der Waals surface area contributed by atoms with Gasteiger partial charge in [0.1, 0.15) is 0 Å². The molecule has 1 aliphatic rings. The second-order valence-corrected chi connectivity index (χ2v) is 6.93. The molecule has 1 heterocycles. The molecule has 1 fully saturated rings. The number of nitrogens with one attached hydrogen (secondary N) is 2. The fourth-order valence-corrected chi connectivity index (χ4v) is 3.32. The number of hydrogen-bond acceptors (Lipinski definition) is 3. The highest BCUT2D eigenvalue weighted by atomic mass is 16.2. The standard InChI is InChI=1S/C21H25N3O2/c1-16-4-3-5-19(14-16)22-21(26)15-23-10-12-24(13-11-23)20-8-6-18(7-9-20)17(2)25/h3-9,14H,10-13,15H2,1-2H3,(H,22,26)/p+1. The molecule has 2 N–H and O–H groups in total. The molecule has 1 saturated heterocycles. The van der Waals surface area contributed by atoms with Gasteiger partial charge in [0, 0.05) is 16.9 Å². The molecule has 5 nitrogen and oxygen atoms in total. The van der Waals surface area contributed by atoms with Crippen molar-refractivity contribution < 1.29 is 14.5 Å². The minimum atomic E-state index is 0.0601. The number of nitrogens with zero attached hydrogens (tertiary/aromatic N) is 1. The van der Waals surface area contributed by atoms with Crippen molar-refractivity contribution in [3.63, 3.8) is 0 Å². The first-order valence-corrected chi connectivity index (χ1v) is 9.07. The lowest BCUT2D eigenvalue weighted by Gasteiger charge is -2.33. The fraction of sp³-hybridized carbons (Fsp3) is 0.333. The second-order valence-electron chi connectivity index (χ2n) is 6.93. The molecule has 136 valence electrons. The molecule has 2 aromatic carbocycles. The van der Waals surface area contributed by atoms with E-state index in [1.54, 1.807) is 6.92 Å². The predicted octanol–water partition coefficient (Wildman–Crippen LogP) is 1.54. The third-order valence-electron chi connectivity index (χ3n) is 4.82. The van der Waals surface area contributed by atoms with E-state index in [1.165, 1.54) is 4.90 Å². The first kappa shape index (κ1) is 18.1. The Morgan fingerprint density at radius 3 is 2.38 bits per heavy atom. The Morgan fingerprint density at radius 1 is 1.08 bits per heavy atom. The molecule has 3 rings (SSSR count). The quantitative estimate of drug-likeness (QED) is 0.803. The van der Waals surface area contributed by atoms with E-state index >= 15 is 0 Å². The van der Waals surface area contributed by atoms with E-state index < -0.39 is 0 Å². The highest BCUT2D eigenvalue weighted by molar-refractivity contribution is 5.94. The zero-order valence-electron chi connectivity index (χ0n) is 15.4. The van der Waals surface area contributed by atoms with E-state index in [4.69, 9.17) is 0 Å². The average Bonchev–Trinajstić information content (AvgIpc) is 2.62. The van der Waals surface area contributed by atoms with E-state index in [0.717, 1.165) is 48.7 Å². The van der Waals surface area contributed by atoms with Crippen molar-refractivity contribution in [2.24, 2.45) is 0 Å². The van der Waals surface area contributed by atoms with Gasteiger partial charge in [-0.15, -0.1) is 0 Å². The number of anilines is 2. The Bertz CT molecular complexity index is 778. The van der Waals surface area contributed by atoms with Gasteiger partial charge < -0.3 is 15.1 Å². The van der Waals surface area contributed by atoms with E-state index in [1.807, 2.05) is 55.5 Å². The third kappa shape index (κ3) is 4.70. The molecule has 5 heteroatoms. The summed E-state index contributed by atoms with van der Waals surface area (Å²) in [7, 11) is 0. The average molecular weight is 352 g/mol. The summed E-state index contributed by atoms with van der Waals surface area (Å²) in [6.07, 6.45) is 0. The Morgan fingerprint density at radius 2 is 1.77 bits per heavy atom. The zero-order chi connectivity index (χ0) is 18.5. The van der Waals surface area contributed by atoms with Crippen LogP contribution in [0.5, 0.6) is 0 Å². The van der Waals surface area contributed by atoms with Gasteiger partial charge in [0.05, 0.1) is 26.2 Å². The second kappa shape index (κ2) is 8.15. The topological polar surface area (TPSA) is 53.9 Å². The largest absolute Gasteiger partial charge is 0.360 e. The molecule has 0 spiro atoms. The molecule has 0 bridgehead atoms. The Labute approximate surface area is 154 Å². The van der Waals surface area contributed by atoms with Gasteiger partial charge in [-0.3, -0.25) is 9.59 Å². The summed E-state index contributed by atoms with van der Waals surface area (Å²) in [6, 6.07) is 15.6. The Kier molecular flexibility index (Phi) is 5.68. The Hall–Kier alpha value is -2.66. The van der Waals surface area contributed by atoms with Crippen LogP contribution < -0.4 is 15.1 Å². The highest BCUT2D eigenvalue weighted by Gasteiger charge is 2.22. The summed E-state index contributed by atoms with van der Waals surface area (Å²) in [6.45, 7) is 7.76. The van der Waals surface area contributed by atoms with Crippen LogP contribution in [0.25, 0.3) is 0 Å². The molecule has 26 heavy (non-hydrogen) atoms. The molecule has 0 saturated carbocycles. The van der Waals surface area contributed by atoms with Crippen LogP contribution in [-0.4, -0.2) is 44.4 Å². The maximum absolute atomic E-state index is 12.3. The van der Waals surface area contributed by atoms with Gasteiger partial charge in [0.25, 0.3) is 5.91 Å². The van der Waals surface area contributed by atoms with Gasteiger partial charge in [-0.05, 0) is 55.8 Å². The van der Waals surface area contributed by atoms with Crippen LogP contribution in [0.2, 0.25) is 0 Å². The van der Waals surface area contributed by atoms with Crippen molar-refractivity contribution in [1.29, 1.82) is 0 Å². The van der Waals surface area contributed by atoms with Crippen LogP contribution in [-0.2, 0) is 4.79 Å². The number of piperazine rings is 1. The highest BCUT2D eigenvalue weighted by Crippen LogP contribution is 2.15. The summed E-state index contributed by atoms with van der Waals surface area (Å²) >= 11 is 0. The number of ketones is 1. The summed E-state index contributed by atoms with van der Waals surface area (Å²) in [4.78, 5) is 27.3. The number of benzene rings is 2. The van der Waals surface area contributed by atoms with Crippen molar-refractivity contribution in [2.45, 2.75) is 13.8 Å². The van der Waals surface area contributed by atoms with Crippen LogP contribution in [0.3, 0.4) is 0 Å². The minimum Gasteiger partial charge on any atom is -0.360 e. The van der Waals surface area contributed by atoms with Crippen LogP contribution >= 0.6 is 0 Å². The molecule has 2 aromatic rings. The van der Waals surface area contributed by atoms with Crippen LogP contribution in [0.4, 0.5) is 11.4 Å². The third-order valence-corrected chi connectivity index (χ3v) is 4.82. The predicted molar refractivity (Wildman–Crippen MR) is 104 cm³/mol. The summed E-state index contributed by atoms with van der Waals surface area (Å²) < 4.78 is 0. The van der Waals surface area contributed by atoms with Crippen molar-refractivity contribution in [1.82, 2.24) is 0 Å². The monoisotopic (exact) mass is 352 g/mol.